The van der Waals surface area contributed by atoms with E-state index in [1.165, 1.54) is 0 Å². The SMILES string of the molecule is Cc1cnc(CC(N)(CCc2cnc[nH]2)c2nccc3ccccc23)c(C)c1. The van der Waals surface area contributed by atoms with Crippen LogP contribution in [0.1, 0.15) is 34.6 Å². The van der Waals surface area contributed by atoms with Crippen LogP contribution in [0.2, 0.25) is 0 Å². The minimum atomic E-state index is -0.640. The van der Waals surface area contributed by atoms with Crippen molar-refractivity contribution >= 4 is 10.8 Å². The number of fused-ring (bicyclic) bond motifs is 1. The summed E-state index contributed by atoms with van der Waals surface area (Å²) in [5.74, 6) is 0. The molecule has 0 spiro atoms. The molecule has 0 bridgehead atoms. The fraction of sp³-hybridized carbons (Fsp3) is 0.261. The smallest absolute Gasteiger partial charge is 0.0921 e. The van der Waals surface area contributed by atoms with Gasteiger partial charge in [-0.1, -0.05) is 30.3 Å². The van der Waals surface area contributed by atoms with Crippen molar-refractivity contribution in [2.75, 3.05) is 0 Å². The highest BCUT2D eigenvalue weighted by molar-refractivity contribution is 5.85. The molecule has 0 aliphatic carbocycles. The van der Waals surface area contributed by atoms with Crippen molar-refractivity contribution in [3.8, 4) is 0 Å². The van der Waals surface area contributed by atoms with E-state index >= 15 is 0 Å². The molecular weight excluding hydrogens is 346 g/mol. The van der Waals surface area contributed by atoms with Crippen LogP contribution in [0.5, 0.6) is 0 Å². The fourth-order valence-electron chi connectivity index (χ4n) is 3.81. The van der Waals surface area contributed by atoms with Gasteiger partial charge in [-0.2, -0.15) is 0 Å². The number of aryl methyl sites for hydroxylation is 3. The van der Waals surface area contributed by atoms with E-state index < -0.39 is 5.54 Å². The Bertz CT molecular complexity index is 1080. The number of hydrogen-bond acceptors (Lipinski definition) is 4. The van der Waals surface area contributed by atoms with Crippen molar-refractivity contribution in [3.63, 3.8) is 0 Å². The number of hydrogen-bond donors (Lipinski definition) is 2. The van der Waals surface area contributed by atoms with E-state index in [4.69, 9.17) is 10.7 Å². The lowest BCUT2D eigenvalue weighted by Gasteiger charge is -2.30. The molecule has 1 unspecified atom stereocenters. The van der Waals surface area contributed by atoms with E-state index in [1.54, 1.807) is 6.33 Å². The topological polar surface area (TPSA) is 80.5 Å². The number of nitrogens with two attached hydrogens (primary N) is 1. The number of pyridine rings is 2. The highest BCUT2D eigenvalue weighted by Gasteiger charge is 2.32. The van der Waals surface area contributed by atoms with Crippen molar-refractivity contribution in [2.24, 2.45) is 5.73 Å². The maximum atomic E-state index is 7.10. The fourth-order valence-corrected chi connectivity index (χ4v) is 3.81. The molecule has 5 heteroatoms. The molecule has 0 aliphatic heterocycles. The van der Waals surface area contributed by atoms with E-state index in [2.05, 4.69) is 47.0 Å². The molecule has 0 amide bonds. The van der Waals surface area contributed by atoms with Crippen molar-refractivity contribution in [1.29, 1.82) is 0 Å². The molecule has 0 saturated carbocycles. The second-order valence-electron chi connectivity index (χ2n) is 7.57. The molecule has 4 rings (SSSR count). The average Bonchev–Trinajstić information content (AvgIpc) is 3.22. The molecule has 3 N–H and O–H groups in total. The van der Waals surface area contributed by atoms with Crippen LogP contribution in [0.4, 0.5) is 0 Å². The molecule has 3 aromatic heterocycles. The lowest BCUT2D eigenvalue weighted by Crippen LogP contribution is -2.41. The van der Waals surface area contributed by atoms with Crippen LogP contribution in [0.25, 0.3) is 10.8 Å². The van der Waals surface area contributed by atoms with Crippen LogP contribution in [-0.2, 0) is 18.4 Å². The van der Waals surface area contributed by atoms with Gasteiger partial charge in [-0.25, -0.2) is 4.98 Å². The third kappa shape index (κ3) is 3.66. The van der Waals surface area contributed by atoms with Gasteiger partial charge in [0.25, 0.3) is 0 Å². The second-order valence-corrected chi connectivity index (χ2v) is 7.57. The number of aromatic amines is 1. The number of rotatable bonds is 6. The van der Waals surface area contributed by atoms with E-state index in [9.17, 15) is 0 Å². The summed E-state index contributed by atoms with van der Waals surface area (Å²) in [4.78, 5) is 16.7. The van der Waals surface area contributed by atoms with Crippen LogP contribution in [-0.4, -0.2) is 19.9 Å². The maximum Gasteiger partial charge on any atom is 0.0921 e. The summed E-state index contributed by atoms with van der Waals surface area (Å²) < 4.78 is 0. The molecule has 0 saturated heterocycles. The summed E-state index contributed by atoms with van der Waals surface area (Å²) in [5.41, 5.74) is 11.8. The Labute approximate surface area is 165 Å². The monoisotopic (exact) mass is 371 g/mol. The van der Waals surface area contributed by atoms with Crippen molar-refractivity contribution in [1.82, 2.24) is 19.9 Å². The first-order valence-electron chi connectivity index (χ1n) is 9.58. The van der Waals surface area contributed by atoms with Gasteiger partial charge in [-0.05, 0) is 49.3 Å². The third-order valence-electron chi connectivity index (χ3n) is 5.35. The molecule has 5 nitrogen and oxygen atoms in total. The molecule has 1 atom stereocenters. The van der Waals surface area contributed by atoms with Crippen molar-refractivity contribution < 1.29 is 0 Å². The maximum absolute atomic E-state index is 7.10. The third-order valence-corrected chi connectivity index (χ3v) is 5.35. The van der Waals surface area contributed by atoms with Gasteiger partial charge < -0.3 is 10.7 Å². The first-order chi connectivity index (χ1) is 13.5. The van der Waals surface area contributed by atoms with Crippen LogP contribution in [0, 0.1) is 13.8 Å². The minimum absolute atomic E-state index is 0.633. The molecule has 142 valence electrons. The van der Waals surface area contributed by atoms with Gasteiger partial charge in [0.1, 0.15) is 0 Å². The highest BCUT2D eigenvalue weighted by Crippen LogP contribution is 2.32. The van der Waals surface area contributed by atoms with Gasteiger partial charge in [0.2, 0.25) is 0 Å². The summed E-state index contributed by atoms with van der Waals surface area (Å²) in [7, 11) is 0. The standard InChI is InChI=1S/C23H25N5/c1-16-11-17(2)21(27-13-16)12-23(24,9-7-19-14-25-15-28-19)22-20-6-4-3-5-18(20)8-10-26-22/h3-6,8,10-11,13-15H,7,9,12,24H2,1-2H3,(H,25,28). The molecular formula is C23H25N5. The Morgan fingerprint density at radius 3 is 2.71 bits per heavy atom. The van der Waals surface area contributed by atoms with Crippen molar-refractivity contribution in [3.05, 3.63) is 89.5 Å². The predicted molar refractivity (Wildman–Crippen MR) is 112 cm³/mol. The van der Waals surface area contributed by atoms with Crippen molar-refractivity contribution in [2.45, 2.75) is 38.6 Å². The Hall–Kier alpha value is -3.05. The summed E-state index contributed by atoms with van der Waals surface area (Å²) >= 11 is 0. The number of H-pyrrole nitrogens is 1. The molecule has 28 heavy (non-hydrogen) atoms. The zero-order chi connectivity index (χ0) is 19.6. The number of aromatic nitrogens is 4. The van der Waals surface area contributed by atoms with E-state index in [-0.39, 0.29) is 0 Å². The Balaban J connectivity index is 1.78. The van der Waals surface area contributed by atoms with Gasteiger partial charge in [0, 0.05) is 41.8 Å². The zero-order valence-electron chi connectivity index (χ0n) is 16.3. The molecule has 0 radical (unpaired) electrons. The minimum Gasteiger partial charge on any atom is -0.348 e. The van der Waals surface area contributed by atoms with E-state index in [1.807, 2.05) is 36.8 Å². The summed E-state index contributed by atoms with van der Waals surface area (Å²) in [6, 6.07) is 12.5. The Morgan fingerprint density at radius 2 is 1.93 bits per heavy atom. The Morgan fingerprint density at radius 1 is 1.07 bits per heavy atom. The van der Waals surface area contributed by atoms with Gasteiger partial charge in [0.15, 0.2) is 0 Å². The summed E-state index contributed by atoms with van der Waals surface area (Å²) in [6.07, 6.45) is 9.49. The van der Waals surface area contributed by atoms with Crippen LogP contribution >= 0.6 is 0 Å². The highest BCUT2D eigenvalue weighted by atomic mass is 14.9. The molecule has 3 heterocycles. The first kappa shape index (κ1) is 18.3. The lowest BCUT2D eigenvalue weighted by molar-refractivity contribution is 0.391. The quantitative estimate of drug-likeness (QED) is 0.537. The second kappa shape index (κ2) is 7.52. The molecule has 4 aromatic rings. The molecule has 0 fully saturated rings. The zero-order valence-corrected chi connectivity index (χ0v) is 16.3. The van der Waals surface area contributed by atoms with Gasteiger partial charge in [0.05, 0.1) is 17.6 Å². The molecule has 0 aliphatic rings. The number of imidazole rings is 1. The largest absolute Gasteiger partial charge is 0.348 e. The predicted octanol–water partition coefficient (Wildman–Crippen LogP) is 4.00. The summed E-state index contributed by atoms with van der Waals surface area (Å²) in [5, 5.41) is 2.25. The lowest BCUT2D eigenvalue weighted by atomic mass is 9.82. The number of nitrogens with one attached hydrogen (secondary N) is 1. The summed E-state index contributed by atoms with van der Waals surface area (Å²) in [6.45, 7) is 4.16. The van der Waals surface area contributed by atoms with E-state index in [0.717, 1.165) is 51.8 Å². The average molecular weight is 371 g/mol. The number of nitrogens with zero attached hydrogens (tertiary/aromatic N) is 3. The van der Waals surface area contributed by atoms with Crippen LogP contribution in [0.15, 0.2) is 61.3 Å². The first-order valence-corrected chi connectivity index (χ1v) is 9.58. The Kier molecular flexibility index (Phi) is 4.92. The van der Waals surface area contributed by atoms with Crippen LogP contribution < -0.4 is 5.73 Å². The normalized spacial score (nSPS) is 13.5. The van der Waals surface area contributed by atoms with Crippen LogP contribution in [0.3, 0.4) is 0 Å². The van der Waals surface area contributed by atoms with Gasteiger partial charge in [-0.15, -0.1) is 0 Å². The van der Waals surface area contributed by atoms with Gasteiger partial charge >= 0.3 is 0 Å². The van der Waals surface area contributed by atoms with Gasteiger partial charge in [-0.3, -0.25) is 9.97 Å². The molecule has 1 aromatic carbocycles. The van der Waals surface area contributed by atoms with E-state index in [0.29, 0.717) is 6.42 Å². The number of benzene rings is 1.